The van der Waals surface area contributed by atoms with Crippen molar-refractivity contribution in [2.75, 3.05) is 17.7 Å². The zero-order valence-electron chi connectivity index (χ0n) is 11.9. The van der Waals surface area contributed by atoms with Crippen LogP contribution in [0.25, 0.3) is 0 Å². The molecule has 0 aliphatic rings. The molecule has 4 nitrogen and oxygen atoms in total. The molecule has 0 fully saturated rings. The number of nitrogens with one attached hydrogen (secondary N) is 1. The molecule has 0 atom stereocenters. The second kappa shape index (κ2) is 6.63. The smallest absolute Gasteiger partial charge is 0.261 e. The molecule has 0 aliphatic heterocycles. The zero-order chi connectivity index (χ0) is 15.4. The van der Waals surface area contributed by atoms with Gasteiger partial charge in [0.05, 0.1) is 12.3 Å². The third-order valence-corrected chi connectivity index (χ3v) is 3.65. The van der Waals surface area contributed by atoms with Gasteiger partial charge in [-0.2, -0.15) is 0 Å². The van der Waals surface area contributed by atoms with E-state index in [2.05, 4.69) is 21.2 Å². The van der Waals surface area contributed by atoms with Crippen molar-refractivity contribution >= 4 is 33.2 Å². The minimum atomic E-state index is -0.289. The van der Waals surface area contributed by atoms with Crippen molar-refractivity contribution in [3.05, 3.63) is 52.0 Å². The first-order chi connectivity index (χ1) is 10.0. The van der Waals surface area contributed by atoms with E-state index in [-0.39, 0.29) is 5.91 Å². The Morgan fingerprint density at radius 3 is 2.81 bits per heavy atom. The lowest BCUT2D eigenvalue weighted by molar-refractivity contribution is 0.102. The molecule has 0 saturated carbocycles. The van der Waals surface area contributed by atoms with Gasteiger partial charge < -0.3 is 15.8 Å². The Balaban J connectivity index is 2.34. The van der Waals surface area contributed by atoms with Crippen LogP contribution in [-0.4, -0.2) is 12.5 Å². The number of carbonyl (C=O) groups excluding carboxylic acids is 1. The summed E-state index contributed by atoms with van der Waals surface area (Å²) in [6.45, 7) is 4.30. The normalized spacial score (nSPS) is 10.2. The van der Waals surface area contributed by atoms with Crippen LogP contribution in [0.1, 0.15) is 22.8 Å². The number of halogens is 1. The summed E-state index contributed by atoms with van der Waals surface area (Å²) in [6.07, 6.45) is 0. The summed E-state index contributed by atoms with van der Waals surface area (Å²) >= 11 is 3.42. The molecule has 3 N–H and O–H groups in total. The first-order valence-electron chi connectivity index (χ1n) is 6.61. The molecule has 0 spiro atoms. The Bertz CT molecular complexity index is 671. The first kappa shape index (κ1) is 15.4. The fraction of sp³-hybridized carbons (Fsp3) is 0.188. The maximum Gasteiger partial charge on any atom is 0.261 e. The van der Waals surface area contributed by atoms with E-state index in [9.17, 15) is 4.79 Å². The van der Waals surface area contributed by atoms with Crippen molar-refractivity contribution in [2.45, 2.75) is 13.8 Å². The third-order valence-electron chi connectivity index (χ3n) is 2.96. The molecule has 0 bridgehead atoms. The van der Waals surface area contributed by atoms with Gasteiger partial charge in [-0.05, 0) is 59.6 Å². The number of carbonyl (C=O) groups is 1. The quantitative estimate of drug-likeness (QED) is 0.821. The summed E-state index contributed by atoms with van der Waals surface area (Å²) in [4.78, 5) is 12.5. The molecule has 5 heteroatoms. The lowest BCUT2D eigenvalue weighted by Crippen LogP contribution is -2.16. The van der Waals surface area contributed by atoms with Crippen molar-refractivity contribution in [3.63, 3.8) is 0 Å². The van der Waals surface area contributed by atoms with E-state index >= 15 is 0 Å². The molecule has 2 aromatic carbocycles. The van der Waals surface area contributed by atoms with Gasteiger partial charge in [-0.15, -0.1) is 0 Å². The molecule has 0 radical (unpaired) electrons. The average Bonchev–Trinajstić information content (AvgIpc) is 2.43. The molecule has 0 aromatic heterocycles. The number of aryl methyl sites for hydroxylation is 1. The number of anilines is 2. The highest BCUT2D eigenvalue weighted by molar-refractivity contribution is 9.10. The molecular weight excluding hydrogens is 332 g/mol. The van der Waals surface area contributed by atoms with Crippen LogP contribution in [0.4, 0.5) is 11.4 Å². The molecule has 21 heavy (non-hydrogen) atoms. The lowest BCUT2D eigenvalue weighted by atomic mass is 10.1. The third kappa shape index (κ3) is 3.55. The van der Waals surface area contributed by atoms with Gasteiger partial charge in [-0.3, -0.25) is 4.79 Å². The fourth-order valence-corrected chi connectivity index (χ4v) is 2.33. The predicted octanol–water partition coefficient (Wildman–Crippen LogP) is 3.99. The van der Waals surface area contributed by atoms with Crippen molar-refractivity contribution in [1.82, 2.24) is 0 Å². The monoisotopic (exact) mass is 348 g/mol. The number of hydrogen-bond acceptors (Lipinski definition) is 3. The van der Waals surface area contributed by atoms with E-state index in [0.717, 1.165) is 10.0 Å². The van der Waals surface area contributed by atoms with Gasteiger partial charge in [0.25, 0.3) is 5.91 Å². The first-order valence-corrected chi connectivity index (χ1v) is 7.41. The summed E-state index contributed by atoms with van der Waals surface area (Å²) in [5.74, 6) is 0.196. The molecule has 2 aromatic rings. The summed E-state index contributed by atoms with van der Waals surface area (Å²) in [7, 11) is 0. The molecular formula is C16H17BrN2O2. The molecule has 0 saturated heterocycles. The zero-order valence-corrected chi connectivity index (χ0v) is 13.5. The SMILES string of the molecule is CCOc1cccc(N)c1C(=O)Nc1cc(C)ccc1Br. The maximum atomic E-state index is 12.5. The van der Waals surface area contributed by atoms with Gasteiger partial charge in [0.15, 0.2) is 0 Å². The van der Waals surface area contributed by atoms with Crippen molar-refractivity contribution in [3.8, 4) is 5.75 Å². The predicted molar refractivity (Wildman–Crippen MR) is 88.9 cm³/mol. The number of nitrogens with two attached hydrogens (primary N) is 1. The molecule has 0 unspecified atom stereocenters. The highest BCUT2D eigenvalue weighted by atomic mass is 79.9. The van der Waals surface area contributed by atoms with E-state index in [1.807, 2.05) is 32.0 Å². The van der Waals surface area contributed by atoms with Crippen LogP contribution in [0.2, 0.25) is 0 Å². The highest BCUT2D eigenvalue weighted by Crippen LogP contribution is 2.28. The van der Waals surface area contributed by atoms with E-state index in [0.29, 0.717) is 29.3 Å². The lowest BCUT2D eigenvalue weighted by Gasteiger charge is -2.13. The van der Waals surface area contributed by atoms with E-state index in [1.54, 1.807) is 18.2 Å². The van der Waals surface area contributed by atoms with E-state index in [4.69, 9.17) is 10.5 Å². The standard InChI is InChI=1S/C16H17BrN2O2/c1-3-21-14-6-4-5-12(18)15(14)16(20)19-13-9-10(2)7-8-11(13)17/h4-9H,3,18H2,1-2H3,(H,19,20). The Labute approximate surface area is 132 Å². The van der Waals surface area contributed by atoms with Crippen LogP contribution < -0.4 is 15.8 Å². The summed E-state index contributed by atoms with van der Waals surface area (Å²) in [5.41, 5.74) is 8.42. The summed E-state index contributed by atoms with van der Waals surface area (Å²) in [6, 6.07) is 10.9. The maximum absolute atomic E-state index is 12.5. The van der Waals surface area contributed by atoms with E-state index in [1.165, 1.54) is 0 Å². The second-order valence-corrected chi connectivity index (χ2v) is 5.45. The Kier molecular flexibility index (Phi) is 4.85. The fourth-order valence-electron chi connectivity index (χ4n) is 1.99. The minimum absolute atomic E-state index is 0.289. The van der Waals surface area contributed by atoms with Crippen LogP contribution in [0.15, 0.2) is 40.9 Å². The molecule has 110 valence electrons. The summed E-state index contributed by atoms with van der Waals surface area (Å²) < 4.78 is 6.29. The van der Waals surface area contributed by atoms with Crippen molar-refractivity contribution in [2.24, 2.45) is 0 Å². The van der Waals surface area contributed by atoms with Crippen LogP contribution in [0.3, 0.4) is 0 Å². The van der Waals surface area contributed by atoms with Crippen LogP contribution in [-0.2, 0) is 0 Å². The molecule has 1 amide bonds. The second-order valence-electron chi connectivity index (χ2n) is 4.59. The number of nitrogen functional groups attached to an aromatic ring is 1. The number of benzene rings is 2. The Morgan fingerprint density at radius 2 is 2.10 bits per heavy atom. The van der Waals surface area contributed by atoms with Crippen LogP contribution >= 0.6 is 15.9 Å². The largest absolute Gasteiger partial charge is 0.493 e. The summed E-state index contributed by atoms with van der Waals surface area (Å²) in [5, 5.41) is 2.86. The molecule has 2 rings (SSSR count). The van der Waals surface area contributed by atoms with Gasteiger partial charge >= 0.3 is 0 Å². The number of amides is 1. The minimum Gasteiger partial charge on any atom is -0.493 e. The van der Waals surface area contributed by atoms with Gasteiger partial charge in [0, 0.05) is 10.2 Å². The van der Waals surface area contributed by atoms with Gasteiger partial charge in [-0.1, -0.05) is 12.1 Å². The molecule has 0 aliphatic carbocycles. The Morgan fingerprint density at radius 1 is 1.33 bits per heavy atom. The van der Waals surface area contributed by atoms with Gasteiger partial charge in [0.1, 0.15) is 11.3 Å². The molecule has 0 heterocycles. The van der Waals surface area contributed by atoms with Gasteiger partial charge in [0.2, 0.25) is 0 Å². The number of ether oxygens (including phenoxy) is 1. The van der Waals surface area contributed by atoms with Crippen LogP contribution in [0, 0.1) is 6.92 Å². The van der Waals surface area contributed by atoms with Crippen molar-refractivity contribution in [1.29, 1.82) is 0 Å². The Hall–Kier alpha value is -2.01. The highest BCUT2D eigenvalue weighted by Gasteiger charge is 2.17. The van der Waals surface area contributed by atoms with Crippen molar-refractivity contribution < 1.29 is 9.53 Å². The average molecular weight is 349 g/mol. The van der Waals surface area contributed by atoms with Gasteiger partial charge in [-0.25, -0.2) is 0 Å². The van der Waals surface area contributed by atoms with E-state index < -0.39 is 0 Å². The number of hydrogen-bond donors (Lipinski definition) is 2. The van der Waals surface area contributed by atoms with Crippen LogP contribution in [0.5, 0.6) is 5.75 Å². The number of rotatable bonds is 4. The topological polar surface area (TPSA) is 64.3 Å².